The molecule has 142 valence electrons. The lowest BCUT2D eigenvalue weighted by Gasteiger charge is -2.27. The van der Waals surface area contributed by atoms with Gasteiger partial charge in [-0.05, 0) is 61.7 Å². The fraction of sp³-hybridized carbons (Fsp3) is 0.217. The third-order valence-electron chi connectivity index (χ3n) is 5.25. The van der Waals surface area contributed by atoms with Crippen LogP contribution in [-0.2, 0) is 17.8 Å². The van der Waals surface area contributed by atoms with Crippen LogP contribution in [-0.4, -0.2) is 27.1 Å². The van der Waals surface area contributed by atoms with E-state index in [9.17, 15) is 9.18 Å². The molecule has 4 rings (SSSR count). The molecule has 3 aromatic rings. The molecule has 0 bridgehead atoms. The number of amides is 1. The van der Waals surface area contributed by atoms with Crippen molar-refractivity contribution in [3.8, 4) is 5.69 Å². The third kappa shape index (κ3) is 3.48. The highest BCUT2D eigenvalue weighted by atomic mass is 19.1. The Morgan fingerprint density at radius 3 is 2.54 bits per heavy atom. The van der Waals surface area contributed by atoms with E-state index >= 15 is 0 Å². The summed E-state index contributed by atoms with van der Waals surface area (Å²) in [5, 5.41) is 4.55. The molecule has 1 amide bonds. The summed E-state index contributed by atoms with van der Waals surface area (Å²) in [4.78, 5) is 14.6. The Bertz CT molecular complexity index is 1050. The topological polar surface area (TPSA) is 38.1 Å². The molecule has 0 spiro atoms. The van der Waals surface area contributed by atoms with Crippen molar-refractivity contribution < 1.29 is 9.18 Å². The van der Waals surface area contributed by atoms with Crippen molar-refractivity contribution in [2.45, 2.75) is 26.8 Å². The smallest absolute Gasteiger partial charge is 0.246 e. The van der Waals surface area contributed by atoms with Crippen LogP contribution in [0.4, 0.5) is 4.39 Å². The van der Waals surface area contributed by atoms with E-state index < -0.39 is 0 Å². The molecule has 0 saturated carbocycles. The summed E-state index contributed by atoms with van der Waals surface area (Å²) in [5.41, 5.74) is 5.98. The zero-order valence-electron chi connectivity index (χ0n) is 16.0. The van der Waals surface area contributed by atoms with Gasteiger partial charge in [-0.25, -0.2) is 9.07 Å². The van der Waals surface area contributed by atoms with Crippen molar-refractivity contribution in [3.63, 3.8) is 0 Å². The maximum Gasteiger partial charge on any atom is 0.246 e. The third-order valence-corrected chi connectivity index (χ3v) is 5.25. The molecule has 0 saturated heterocycles. The SMILES string of the molecule is Cc1nn(-c2ccc(F)cc2)c(C)c1/C=C/C(=O)N1CCc2ccccc2C1. The molecule has 1 aromatic heterocycles. The Balaban J connectivity index is 1.53. The molecule has 0 atom stereocenters. The number of benzene rings is 2. The van der Waals surface area contributed by atoms with Crippen LogP contribution in [0.15, 0.2) is 54.6 Å². The molecule has 0 fully saturated rings. The Labute approximate surface area is 163 Å². The van der Waals surface area contributed by atoms with Crippen LogP contribution < -0.4 is 0 Å². The summed E-state index contributed by atoms with van der Waals surface area (Å²) in [6.07, 6.45) is 4.34. The molecular weight excluding hydrogens is 353 g/mol. The lowest BCUT2D eigenvalue weighted by molar-refractivity contribution is -0.126. The van der Waals surface area contributed by atoms with Gasteiger partial charge in [-0.1, -0.05) is 24.3 Å². The number of aryl methyl sites for hydroxylation is 1. The highest BCUT2D eigenvalue weighted by Crippen LogP contribution is 2.21. The maximum atomic E-state index is 13.2. The number of carbonyl (C=O) groups is 1. The standard InChI is InChI=1S/C23H22FN3O/c1-16-22(17(2)27(25-16)21-9-7-20(24)8-10-21)11-12-23(28)26-14-13-18-5-3-4-6-19(18)15-26/h3-12H,13-15H2,1-2H3/b12-11+. The minimum Gasteiger partial charge on any atom is -0.334 e. The van der Waals surface area contributed by atoms with E-state index in [4.69, 9.17) is 0 Å². The van der Waals surface area contributed by atoms with Gasteiger partial charge >= 0.3 is 0 Å². The number of hydrogen-bond donors (Lipinski definition) is 0. The minimum absolute atomic E-state index is 0.00263. The maximum absolute atomic E-state index is 13.2. The van der Waals surface area contributed by atoms with Gasteiger partial charge in [0.15, 0.2) is 0 Å². The van der Waals surface area contributed by atoms with Gasteiger partial charge < -0.3 is 4.90 Å². The van der Waals surface area contributed by atoms with Crippen molar-refractivity contribution >= 4 is 12.0 Å². The fourth-order valence-electron chi connectivity index (χ4n) is 3.67. The summed E-state index contributed by atoms with van der Waals surface area (Å²) in [6, 6.07) is 14.5. The van der Waals surface area contributed by atoms with Gasteiger partial charge in [0.2, 0.25) is 5.91 Å². The predicted molar refractivity (Wildman–Crippen MR) is 108 cm³/mol. The fourth-order valence-corrected chi connectivity index (χ4v) is 3.67. The van der Waals surface area contributed by atoms with Gasteiger partial charge in [0.05, 0.1) is 11.4 Å². The van der Waals surface area contributed by atoms with Gasteiger partial charge in [0.25, 0.3) is 0 Å². The average molecular weight is 375 g/mol. The molecule has 1 aliphatic heterocycles. The number of halogens is 1. The molecule has 0 aliphatic carbocycles. The number of carbonyl (C=O) groups excluding carboxylic acids is 1. The van der Waals surface area contributed by atoms with Gasteiger partial charge in [-0.2, -0.15) is 5.10 Å². The Morgan fingerprint density at radius 1 is 1.07 bits per heavy atom. The van der Waals surface area contributed by atoms with Crippen LogP contribution >= 0.6 is 0 Å². The molecular formula is C23H22FN3O. The van der Waals surface area contributed by atoms with Crippen LogP contribution in [0, 0.1) is 19.7 Å². The van der Waals surface area contributed by atoms with E-state index in [1.807, 2.05) is 37.0 Å². The molecule has 1 aliphatic rings. The van der Waals surface area contributed by atoms with Gasteiger partial charge in [-0.15, -0.1) is 0 Å². The largest absolute Gasteiger partial charge is 0.334 e. The van der Waals surface area contributed by atoms with Crippen molar-refractivity contribution in [2.75, 3.05) is 6.54 Å². The monoisotopic (exact) mass is 375 g/mol. The number of fused-ring (bicyclic) bond motifs is 1. The van der Waals surface area contributed by atoms with E-state index in [0.717, 1.165) is 35.6 Å². The summed E-state index contributed by atoms with van der Waals surface area (Å²) in [7, 11) is 0. The lowest BCUT2D eigenvalue weighted by atomic mass is 10.00. The quantitative estimate of drug-likeness (QED) is 0.643. The number of aromatic nitrogens is 2. The van der Waals surface area contributed by atoms with Gasteiger partial charge in [0.1, 0.15) is 5.82 Å². The van der Waals surface area contributed by atoms with Crippen LogP contribution in [0.1, 0.15) is 28.1 Å². The van der Waals surface area contributed by atoms with Gasteiger partial charge in [0, 0.05) is 30.4 Å². The second-order valence-corrected chi connectivity index (χ2v) is 7.08. The highest BCUT2D eigenvalue weighted by molar-refractivity contribution is 5.92. The molecule has 2 aromatic carbocycles. The van der Waals surface area contributed by atoms with Crippen LogP contribution in [0.25, 0.3) is 11.8 Å². The Morgan fingerprint density at radius 2 is 1.79 bits per heavy atom. The predicted octanol–water partition coefficient (Wildman–Crippen LogP) is 4.23. The summed E-state index contributed by atoms with van der Waals surface area (Å²) >= 11 is 0. The zero-order chi connectivity index (χ0) is 19.7. The molecule has 0 N–H and O–H groups in total. The second kappa shape index (κ2) is 7.43. The van der Waals surface area contributed by atoms with Crippen LogP contribution in [0.5, 0.6) is 0 Å². The van der Waals surface area contributed by atoms with Crippen molar-refractivity contribution in [1.82, 2.24) is 14.7 Å². The average Bonchev–Trinajstić information content (AvgIpc) is 3.00. The lowest BCUT2D eigenvalue weighted by Crippen LogP contribution is -2.34. The second-order valence-electron chi connectivity index (χ2n) is 7.08. The van der Waals surface area contributed by atoms with Crippen LogP contribution in [0.2, 0.25) is 0 Å². The first-order valence-electron chi connectivity index (χ1n) is 9.39. The normalized spacial score (nSPS) is 13.8. The van der Waals surface area contributed by atoms with Gasteiger partial charge in [-0.3, -0.25) is 4.79 Å². The highest BCUT2D eigenvalue weighted by Gasteiger charge is 2.19. The number of rotatable bonds is 3. The van der Waals surface area contributed by atoms with E-state index in [-0.39, 0.29) is 11.7 Å². The first-order chi connectivity index (χ1) is 13.5. The number of nitrogens with zero attached hydrogens (tertiary/aromatic N) is 3. The molecule has 5 heteroatoms. The first-order valence-corrected chi connectivity index (χ1v) is 9.39. The molecule has 4 nitrogen and oxygen atoms in total. The zero-order valence-corrected chi connectivity index (χ0v) is 16.0. The first kappa shape index (κ1) is 18.2. The Kier molecular flexibility index (Phi) is 4.82. The van der Waals surface area contributed by atoms with Crippen molar-refractivity contribution in [2.24, 2.45) is 0 Å². The molecule has 28 heavy (non-hydrogen) atoms. The molecule has 0 radical (unpaired) electrons. The van der Waals surface area contributed by atoms with E-state index in [2.05, 4.69) is 17.2 Å². The van der Waals surface area contributed by atoms with E-state index in [1.165, 1.54) is 23.3 Å². The van der Waals surface area contributed by atoms with E-state index in [0.29, 0.717) is 6.54 Å². The summed E-state index contributed by atoms with van der Waals surface area (Å²) in [5.74, 6) is -0.276. The molecule has 0 unspecified atom stereocenters. The van der Waals surface area contributed by atoms with E-state index in [1.54, 1.807) is 22.9 Å². The van der Waals surface area contributed by atoms with Crippen LogP contribution in [0.3, 0.4) is 0 Å². The Hall–Kier alpha value is -3.21. The van der Waals surface area contributed by atoms with Crippen molar-refractivity contribution in [1.29, 1.82) is 0 Å². The van der Waals surface area contributed by atoms with Crippen molar-refractivity contribution in [3.05, 3.63) is 88.5 Å². The minimum atomic E-state index is -0.279. The summed E-state index contributed by atoms with van der Waals surface area (Å²) < 4.78 is 15.0. The number of hydrogen-bond acceptors (Lipinski definition) is 2. The summed E-state index contributed by atoms with van der Waals surface area (Å²) in [6.45, 7) is 5.23. The molecule has 2 heterocycles.